The minimum atomic E-state index is -3.90. The maximum Gasteiger partial charge on any atom is 0.350 e. The van der Waals surface area contributed by atoms with Gasteiger partial charge < -0.3 is 4.74 Å². The minimum absolute atomic E-state index is 0.00528. The SMILES string of the molecule is CS(=O)(=O)c1nc2c(-c3cc(F)c(F)c(F)c3)c(C3CCCCO3)nn2c(=O)[nH]1. The summed E-state index contributed by atoms with van der Waals surface area (Å²) in [5.41, 5.74) is -1.10. The van der Waals surface area contributed by atoms with Crippen molar-refractivity contribution in [1.29, 1.82) is 0 Å². The normalized spacial score (nSPS) is 17.7. The van der Waals surface area contributed by atoms with Gasteiger partial charge in [-0.25, -0.2) is 26.4 Å². The second-order valence-corrected chi connectivity index (χ2v) is 8.66. The molecule has 154 valence electrons. The fraction of sp³-hybridized carbons (Fsp3) is 0.353. The molecule has 1 saturated heterocycles. The molecule has 12 heteroatoms. The molecule has 0 radical (unpaired) electrons. The average Bonchev–Trinajstić information content (AvgIpc) is 3.06. The van der Waals surface area contributed by atoms with E-state index in [4.69, 9.17) is 4.74 Å². The van der Waals surface area contributed by atoms with Crippen molar-refractivity contribution in [3.05, 3.63) is 45.8 Å². The lowest BCUT2D eigenvalue weighted by atomic mass is 9.98. The number of benzene rings is 1. The highest BCUT2D eigenvalue weighted by atomic mass is 32.2. The largest absolute Gasteiger partial charge is 0.372 e. The Hall–Kier alpha value is -2.73. The quantitative estimate of drug-likeness (QED) is 0.641. The fourth-order valence-electron chi connectivity index (χ4n) is 3.27. The lowest BCUT2D eigenvalue weighted by Gasteiger charge is -2.21. The molecule has 3 aromatic rings. The number of fused-ring (bicyclic) bond motifs is 1. The number of hydrogen-bond acceptors (Lipinski definition) is 6. The van der Waals surface area contributed by atoms with E-state index in [1.807, 2.05) is 0 Å². The number of H-pyrrole nitrogens is 1. The van der Waals surface area contributed by atoms with Crippen LogP contribution in [0.3, 0.4) is 0 Å². The minimum Gasteiger partial charge on any atom is -0.372 e. The maximum absolute atomic E-state index is 13.9. The molecule has 0 saturated carbocycles. The molecule has 2 aromatic heterocycles. The van der Waals surface area contributed by atoms with Crippen molar-refractivity contribution < 1.29 is 26.3 Å². The van der Waals surface area contributed by atoms with Crippen LogP contribution < -0.4 is 5.69 Å². The first kappa shape index (κ1) is 19.6. The summed E-state index contributed by atoms with van der Waals surface area (Å²) in [6, 6.07) is 1.48. The lowest BCUT2D eigenvalue weighted by molar-refractivity contribution is 0.0125. The zero-order valence-corrected chi connectivity index (χ0v) is 15.9. The molecule has 0 amide bonds. The number of ether oxygens (including phenoxy) is 1. The van der Waals surface area contributed by atoms with Crippen LogP contribution in [0.15, 0.2) is 22.1 Å². The molecule has 1 aromatic carbocycles. The Balaban J connectivity index is 2.08. The van der Waals surface area contributed by atoms with E-state index in [2.05, 4.69) is 15.1 Å². The van der Waals surface area contributed by atoms with E-state index >= 15 is 0 Å². The summed E-state index contributed by atoms with van der Waals surface area (Å²) in [7, 11) is -3.90. The van der Waals surface area contributed by atoms with Gasteiger partial charge in [0, 0.05) is 12.9 Å². The van der Waals surface area contributed by atoms with Crippen LogP contribution >= 0.6 is 0 Å². The zero-order chi connectivity index (χ0) is 20.9. The molecule has 29 heavy (non-hydrogen) atoms. The summed E-state index contributed by atoms with van der Waals surface area (Å²) in [6.07, 6.45) is 2.39. The Labute approximate surface area is 162 Å². The van der Waals surface area contributed by atoms with Crippen molar-refractivity contribution in [2.75, 3.05) is 12.9 Å². The van der Waals surface area contributed by atoms with Gasteiger partial charge in [-0.3, -0.25) is 4.98 Å². The van der Waals surface area contributed by atoms with Crippen LogP contribution in [-0.4, -0.2) is 40.9 Å². The molecular formula is C17H15F3N4O4S. The third-order valence-corrected chi connectivity index (χ3v) is 5.51. The molecule has 1 aliphatic heterocycles. The molecule has 8 nitrogen and oxygen atoms in total. The van der Waals surface area contributed by atoms with Crippen molar-refractivity contribution in [2.24, 2.45) is 0 Å². The van der Waals surface area contributed by atoms with Gasteiger partial charge in [-0.15, -0.1) is 0 Å². The van der Waals surface area contributed by atoms with Gasteiger partial charge in [0.1, 0.15) is 11.8 Å². The summed E-state index contributed by atoms with van der Waals surface area (Å²) < 4.78 is 71.5. The van der Waals surface area contributed by atoms with Crippen molar-refractivity contribution in [2.45, 2.75) is 30.5 Å². The zero-order valence-electron chi connectivity index (χ0n) is 15.1. The van der Waals surface area contributed by atoms with Crippen LogP contribution in [0, 0.1) is 17.5 Å². The summed E-state index contributed by atoms with van der Waals surface area (Å²) in [5, 5.41) is 3.54. The molecule has 0 bridgehead atoms. The third-order valence-electron chi connectivity index (χ3n) is 4.61. The Kier molecular flexibility index (Phi) is 4.69. The second-order valence-electron chi connectivity index (χ2n) is 6.72. The molecule has 1 unspecified atom stereocenters. The first-order valence-corrected chi connectivity index (χ1v) is 10.6. The summed E-state index contributed by atoms with van der Waals surface area (Å²) >= 11 is 0. The van der Waals surface area contributed by atoms with Gasteiger partial charge in [0.05, 0.1) is 5.56 Å². The second kappa shape index (κ2) is 6.95. The van der Waals surface area contributed by atoms with E-state index in [-0.39, 0.29) is 22.5 Å². The molecule has 1 aliphatic rings. The highest BCUT2D eigenvalue weighted by Crippen LogP contribution is 2.37. The van der Waals surface area contributed by atoms with E-state index in [0.717, 1.165) is 35.7 Å². The number of halogens is 3. The standard InChI is InChI=1S/C17H15F3N4O4S/c1-29(26,27)16-21-15-12(8-6-9(18)13(20)10(19)7-8)14(11-4-2-3-5-28-11)23-24(15)17(25)22-16/h6-7,11H,2-5H2,1H3,(H,21,22,25). The third kappa shape index (κ3) is 3.42. The van der Waals surface area contributed by atoms with Crippen molar-refractivity contribution in [1.82, 2.24) is 19.6 Å². The highest BCUT2D eigenvalue weighted by molar-refractivity contribution is 7.90. The van der Waals surface area contributed by atoms with Crippen LogP contribution in [0.4, 0.5) is 13.2 Å². The van der Waals surface area contributed by atoms with Crippen LogP contribution in [0.2, 0.25) is 0 Å². The first-order valence-electron chi connectivity index (χ1n) is 8.66. The van der Waals surface area contributed by atoms with Crippen LogP contribution in [0.25, 0.3) is 16.8 Å². The summed E-state index contributed by atoms with van der Waals surface area (Å²) in [6.45, 7) is 0.419. The number of nitrogens with one attached hydrogen (secondary N) is 1. The van der Waals surface area contributed by atoms with E-state index in [1.165, 1.54) is 0 Å². The maximum atomic E-state index is 13.9. The molecule has 1 fully saturated rings. The number of aromatic amines is 1. The summed E-state index contributed by atoms with van der Waals surface area (Å²) in [5.74, 6) is -4.53. The Morgan fingerprint density at radius 1 is 1.21 bits per heavy atom. The van der Waals surface area contributed by atoms with E-state index < -0.39 is 44.2 Å². The van der Waals surface area contributed by atoms with Crippen molar-refractivity contribution in [3.63, 3.8) is 0 Å². The van der Waals surface area contributed by atoms with Gasteiger partial charge in [-0.1, -0.05) is 0 Å². The van der Waals surface area contributed by atoms with Crippen LogP contribution in [0.1, 0.15) is 31.1 Å². The predicted octanol–water partition coefficient (Wildman–Crippen LogP) is 2.15. The predicted molar refractivity (Wildman–Crippen MR) is 94.6 cm³/mol. The Morgan fingerprint density at radius 3 is 2.48 bits per heavy atom. The lowest BCUT2D eigenvalue weighted by Crippen LogP contribution is -2.22. The molecule has 3 heterocycles. The molecular weight excluding hydrogens is 413 g/mol. The van der Waals surface area contributed by atoms with Gasteiger partial charge >= 0.3 is 5.69 Å². The molecule has 4 rings (SSSR count). The Bertz CT molecular complexity index is 1260. The van der Waals surface area contributed by atoms with Gasteiger partial charge in [0.15, 0.2) is 23.1 Å². The average molecular weight is 428 g/mol. The van der Waals surface area contributed by atoms with E-state index in [0.29, 0.717) is 13.0 Å². The Morgan fingerprint density at radius 2 is 1.90 bits per heavy atom. The summed E-state index contributed by atoms with van der Waals surface area (Å²) in [4.78, 5) is 18.5. The van der Waals surface area contributed by atoms with Gasteiger partial charge in [0.2, 0.25) is 15.0 Å². The topological polar surface area (TPSA) is 106 Å². The van der Waals surface area contributed by atoms with E-state index in [1.54, 1.807) is 0 Å². The van der Waals surface area contributed by atoms with Crippen molar-refractivity contribution in [3.8, 4) is 11.1 Å². The smallest absolute Gasteiger partial charge is 0.350 e. The first-order chi connectivity index (χ1) is 13.7. The molecule has 1 N–H and O–H groups in total. The van der Waals surface area contributed by atoms with Gasteiger partial charge in [0.25, 0.3) is 0 Å². The number of nitrogens with zero attached hydrogens (tertiary/aromatic N) is 3. The highest BCUT2D eigenvalue weighted by Gasteiger charge is 2.29. The molecule has 1 atom stereocenters. The monoisotopic (exact) mass is 428 g/mol. The fourth-order valence-corrected chi connectivity index (χ4v) is 3.80. The molecule has 0 aliphatic carbocycles. The van der Waals surface area contributed by atoms with Crippen molar-refractivity contribution >= 4 is 15.5 Å². The molecule has 0 spiro atoms. The number of aromatic nitrogens is 4. The van der Waals surface area contributed by atoms with Gasteiger partial charge in [-0.2, -0.15) is 14.6 Å². The van der Waals surface area contributed by atoms with Crippen LogP contribution in [-0.2, 0) is 14.6 Å². The van der Waals surface area contributed by atoms with Gasteiger partial charge in [-0.05, 0) is 37.0 Å². The van der Waals surface area contributed by atoms with Crippen LogP contribution in [0.5, 0.6) is 0 Å². The number of sulfone groups is 1. The number of hydrogen-bond donors (Lipinski definition) is 1. The number of rotatable bonds is 3. The van der Waals surface area contributed by atoms with E-state index in [9.17, 15) is 26.4 Å².